The van der Waals surface area contributed by atoms with Crippen LogP contribution in [-0.4, -0.2) is 6.29 Å². The Morgan fingerprint density at radius 1 is 1.25 bits per heavy atom. The summed E-state index contributed by atoms with van der Waals surface area (Å²) >= 11 is 0. The Balaban J connectivity index is 2.69. The molecule has 1 rings (SSSR count). The fourth-order valence-corrected chi connectivity index (χ4v) is 2.61. The van der Waals surface area contributed by atoms with E-state index in [-0.39, 0.29) is 0 Å². The van der Waals surface area contributed by atoms with E-state index < -0.39 is 0 Å². The van der Waals surface area contributed by atoms with Crippen LogP contribution in [-0.2, 0) is 4.79 Å². The van der Waals surface area contributed by atoms with Gasteiger partial charge in [-0.1, -0.05) is 52.0 Å². The van der Waals surface area contributed by atoms with Gasteiger partial charge in [0.2, 0.25) is 0 Å². The van der Waals surface area contributed by atoms with Crippen molar-refractivity contribution in [3.63, 3.8) is 0 Å². The van der Waals surface area contributed by atoms with Crippen molar-refractivity contribution in [2.75, 3.05) is 0 Å². The second-order valence-corrected chi connectivity index (χ2v) is 5.19. The average molecular weight is 222 g/mol. The Hall–Kier alpha value is -0.590. The minimum absolute atomic E-state index is 0.537. The molecule has 0 amide bonds. The van der Waals surface area contributed by atoms with Crippen LogP contribution in [0.1, 0.15) is 65.7 Å². The number of unbranched alkanes of at least 4 members (excludes halogenated alkanes) is 1. The van der Waals surface area contributed by atoms with E-state index in [1.54, 1.807) is 0 Å². The summed E-state index contributed by atoms with van der Waals surface area (Å²) in [5.74, 6) is 1.21. The van der Waals surface area contributed by atoms with E-state index in [4.69, 9.17) is 0 Å². The highest BCUT2D eigenvalue weighted by atomic mass is 16.1. The molecule has 2 unspecified atom stereocenters. The third kappa shape index (κ3) is 3.77. The number of aldehydes is 1. The Kier molecular flexibility index (Phi) is 5.79. The van der Waals surface area contributed by atoms with Gasteiger partial charge in [0.1, 0.15) is 6.29 Å². The van der Waals surface area contributed by atoms with Crippen LogP contribution in [0.5, 0.6) is 0 Å². The third-order valence-corrected chi connectivity index (χ3v) is 3.73. The molecule has 2 atom stereocenters. The molecule has 0 aliphatic heterocycles. The van der Waals surface area contributed by atoms with Gasteiger partial charge in [0.05, 0.1) is 0 Å². The normalized spacial score (nSPS) is 18.1. The second kappa shape index (κ2) is 6.88. The number of carbonyl (C=O) groups is 1. The van der Waals surface area contributed by atoms with Crippen molar-refractivity contribution in [2.45, 2.75) is 65.7 Å². The van der Waals surface area contributed by atoms with Crippen LogP contribution in [0.3, 0.4) is 0 Å². The predicted octanol–water partition coefficient (Wildman–Crippen LogP) is 4.52. The lowest BCUT2D eigenvalue weighted by Gasteiger charge is -2.24. The molecule has 0 N–H and O–H groups in total. The highest BCUT2D eigenvalue weighted by molar-refractivity contribution is 5.76. The highest BCUT2D eigenvalue weighted by Crippen LogP contribution is 2.39. The van der Waals surface area contributed by atoms with Gasteiger partial charge in [-0.3, -0.25) is 4.79 Å². The first-order valence-corrected chi connectivity index (χ1v) is 6.91. The molecule has 1 aliphatic rings. The molecular formula is C15H26O. The summed E-state index contributed by atoms with van der Waals surface area (Å²) in [4.78, 5) is 11.2. The van der Waals surface area contributed by atoms with Gasteiger partial charge in [0.15, 0.2) is 0 Å². The van der Waals surface area contributed by atoms with Crippen molar-refractivity contribution in [2.24, 2.45) is 11.8 Å². The standard InChI is InChI=1S/C15H26O/c1-4-6-8-14(12(3)7-5-2)15(11-16)13-9-10-13/h11-12,14H,4-10H2,1-3H3. The Bertz CT molecular complexity index is 246. The fourth-order valence-electron chi connectivity index (χ4n) is 2.61. The molecule has 1 heteroatoms. The fraction of sp³-hybridized carbons (Fsp3) is 0.800. The van der Waals surface area contributed by atoms with Crippen molar-refractivity contribution < 1.29 is 4.79 Å². The van der Waals surface area contributed by atoms with Crippen LogP contribution < -0.4 is 0 Å². The van der Waals surface area contributed by atoms with Gasteiger partial charge in [-0.25, -0.2) is 0 Å². The first-order chi connectivity index (χ1) is 7.74. The monoisotopic (exact) mass is 222 g/mol. The van der Waals surface area contributed by atoms with Crippen molar-refractivity contribution in [3.05, 3.63) is 11.1 Å². The number of rotatable bonds is 8. The summed E-state index contributed by atoms with van der Waals surface area (Å²) in [6, 6.07) is 0. The van der Waals surface area contributed by atoms with Crippen LogP contribution in [0.15, 0.2) is 11.1 Å². The molecule has 1 fully saturated rings. The minimum atomic E-state index is 0.537. The van der Waals surface area contributed by atoms with E-state index in [1.807, 2.05) is 0 Å². The summed E-state index contributed by atoms with van der Waals surface area (Å²) < 4.78 is 0. The molecule has 16 heavy (non-hydrogen) atoms. The zero-order valence-corrected chi connectivity index (χ0v) is 11.1. The first kappa shape index (κ1) is 13.5. The van der Waals surface area contributed by atoms with Crippen molar-refractivity contribution in [3.8, 4) is 0 Å². The molecule has 0 aromatic heterocycles. The maximum atomic E-state index is 11.2. The van der Waals surface area contributed by atoms with E-state index in [0.29, 0.717) is 11.8 Å². The van der Waals surface area contributed by atoms with E-state index in [0.717, 1.165) is 11.9 Å². The quantitative estimate of drug-likeness (QED) is 0.436. The minimum Gasteiger partial charge on any atom is -0.298 e. The van der Waals surface area contributed by atoms with Gasteiger partial charge in [0, 0.05) is 0 Å². The molecule has 0 aromatic carbocycles. The van der Waals surface area contributed by atoms with Crippen LogP contribution in [0.25, 0.3) is 0 Å². The van der Waals surface area contributed by atoms with Crippen LogP contribution >= 0.6 is 0 Å². The Labute approximate surface area is 100 Å². The second-order valence-electron chi connectivity index (χ2n) is 5.19. The lowest BCUT2D eigenvalue weighted by molar-refractivity contribution is -0.105. The summed E-state index contributed by atoms with van der Waals surface area (Å²) in [5, 5.41) is 0. The third-order valence-electron chi connectivity index (χ3n) is 3.73. The molecule has 1 saturated carbocycles. The van der Waals surface area contributed by atoms with E-state index in [2.05, 4.69) is 20.8 Å². The van der Waals surface area contributed by atoms with Crippen LogP contribution in [0, 0.1) is 11.8 Å². The van der Waals surface area contributed by atoms with Crippen molar-refractivity contribution in [1.82, 2.24) is 0 Å². The summed E-state index contributed by atoms with van der Waals surface area (Å²) in [7, 11) is 0. The molecule has 0 bridgehead atoms. The lowest BCUT2D eigenvalue weighted by atomic mass is 9.81. The van der Waals surface area contributed by atoms with Gasteiger partial charge in [0.25, 0.3) is 0 Å². The topological polar surface area (TPSA) is 17.1 Å². The molecule has 0 aromatic rings. The largest absolute Gasteiger partial charge is 0.298 e. The highest BCUT2D eigenvalue weighted by Gasteiger charge is 2.26. The average Bonchev–Trinajstić information content (AvgIpc) is 3.08. The first-order valence-electron chi connectivity index (χ1n) is 6.91. The van der Waals surface area contributed by atoms with E-state index in [9.17, 15) is 4.79 Å². The van der Waals surface area contributed by atoms with Crippen molar-refractivity contribution >= 4 is 6.29 Å². The smallest absolute Gasteiger partial charge is 0.146 e. The van der Waals surface area contributed by atoms with Gasteiger partial charge < -0.3 is 0 Å². The molecule has 92 valence electrons. The van der Waals surface area contributed by atoms with Crippen LogP contribution in [0.2, 0.25) is 0 Å². The zero-order chi connectivity index (χ0) is 12.0. The van der Waals surface area contributed by atoms with Gasteiger partial charge >= 0.3 is 0 Å². The van der Waals surface area contributed by atoms with Crippen molar-refractivity contribution in [1.29, 1.82) is 0 Å². The lowest BCUT2D eigenvalue weighted by Crippen LogP contribution is -2.15. The van der Waals surface area contributed by atoms with Gasteiger partial charge in [-0.2, -0.15) is 0 Å². The Morgan fingerprint density at radius 2 is 1.94 bits per heavy atom. The molecular weight excluding hydrogens is 196 g/mol. The van der Waals surface area contributed by atoms with Gasteiger partial charge in [-0.05, 0) is 36.7 Å². The number of hydrogen-bond donors (Lipinski definition) is 0. The maximum Gasteiger partial charge on any atom is 0.146 e. The molecule has 0 heterocycles. The molecule has 0 radical (unpaired) electrons. The summed E-state index contributed by atoms with van der Waals surface area (Å²) in [6.07, 6.45) is 9.67. The van der Waals surface area contributed by atoms with E-state index in [1.165, 1.54) is 50.5 Å². The summed E-state index contributed by atoms with van der Waals surface area (Å²) in [6.45, 7) is 6.78. The molecule has 1 nitrogen and oxygen atoms in total. The molecule has 0 spiro atoms. The van der Waals surface area contributed by atoms with E-state index >= 15 is 0 Å². The zero-order valence-electron chi connectivity index (χ0n) is 11.1. The molecule has 0 saturated heterocycles. The number of hydrogen-bond acceptors (Lipinski definition) is 1. The van der Waals surface area contributed by atoms with Gasteiger partial charge in [-0.15, -0.1) is 0 Å². The molecule has 1 aliphatic carbocycles. The van der Waals surface area contributed by atoms with Crippen LogP contribution in [0.4, 0.5) is 0 Å². The Morgan fingerprint density at radius 3 is 2.38 bits per heavy atom. The SMILES string of the molecule is CCCCC(C(C=O)=C1CC1)C(C)CCC. The predicted molar refractivity (Wildman–Crippen MR) is 69.4 cm³/mol. The maximum absolute atomic E-state index is 11.2. The number of allylic oxidation sites excluding steroid dienone is 2. The summed E-state index contributed by atoms with van der Waals surface area (Å²) in [5.41, 5.74) is 2.61. The number of carbonyl (C=O) groups excluding carboxylic acids is 1.